The molecule has 4 aromatic rings. The molecule has 1 N–H and O–H groups in total. The molecule has 0 radical (unpaired) electrons. The van der Waals surface area contributed by atoms with Crippen LogP contribution in [-0.4, -0.2) is 5.91 Å². The number of ether oxygens (including phenoxy) is 1. The zero-order chi connectivity index (χ0) is 22.3. The third kappa shape index (κ3) is 5.16. The van der Waals surface area contributed by atoms with Gasteiger partial charge in [-0.2, -0.15) is 5.26 Å². The Morgan fingerprint density at radius 3 is 2.44 bits per heavy atom. The van der Waals surface area contributed by atoms with Crippen LogP contribution in [0.5, 0.6) is 5.75 Å². The van der Waals surface area contributed by atoms with Gasteiger partial charge in [-0.1, -0.05) is 66.7 Å². The van der Waals surface area contributed by atoms with Crippen molar-refractivity contribution in [2.75, 3.05) is 5.32 Å². The van der Waals surface area contributed by atoms with E-state index in [0.29, 0.717) is 12.3 Å². The Labute approximate surface area is 200 Å². The van der Waals surface area contributed by atoms with Gasteiger partial charge in [-0.3, -0.25) is 4.79 Å². The molecule has 0 saturated carbocycles. The zero-order valence-electron chi connectivity index (χ0n) is 17.1. The van der Waals surface area contributed by atoms with E-state index < -0.39 is 5.91 Å². The van der Waals surface area contributed by atoms with Crippen molar-refractivity contribution in [2.24, 2.45) is 0 Å². The Morgan fingerprint density at radius 1 is 0.938 bits per heavy atom. The van der Waals surface area contributed by atoms with Crippen LogP contribution in [0.2, 0.25) is 0 Å². The van der Waals surface area contributed by atoms with Crippen molar-refractivity contribution in [1.29, 1.82) is 5.26 Å². The fraction of sp³-hybridized carbons (Fsp3) is 0.0370. The lowest BCUT2D eigenvalue weighted by molar-refractivity contribution is -0.112. The van der Waals surface area contributed by atoms with Gasteiger partial charge in [-0.05, 0) is 74.8 Å². The van der Waals surface area contributed by atoms with Gasteiger partial charge in [-0.15, -0.1) is 0 Å². The minimum atomic E-state index is -0.437. The van der Waals surface area contributed by atoms with Crippen molar-refractivity contribution in [2.45, 2.75) is 6.61 Å². The highest BCUT2D eigenvalue weighted by molar-refractivity contribution is 14.1. The standard InChI is InChI=1S/C27H19IN2O2/c28-25-10-3-4-11-26(25)30-27(31)22(17-29)16-19-12-14-23(15-13-19)32-18-21-8-5-7-20-6-1-2-9-24(20)21/h1-16H,18H2,(H,30,31)/b22-16-. The lowest BCUT2D eigenvalue weighted by atomic mass is 10.1. The molecule has 0 bridgehead atoms. The lowest BCUT2D eigenvalue weighted by Gasteiger charge is -2.09. The van der Waals surface area contributed by atoms with E-state index in [1.165, 1.54) is 10.8 Å². The van der Waals surface area contributed by atoms with E-state index in [0.717, 1.165) is 20.4 Å². The third-order valence-electron chi connectivity index (χ3n) is 4.95. The molecule has 0 fully saturated rings. The number of nitrogens with one attached hydrogen (secondary N) is 1. The summed E-state index contributed by atoms with van der Waals surface area (Å²) in [6.45, 7) is 0.456. The predicted molar refractivity (Wildman–Crippen MR) is 136 cm³/mol. The van der Waals surface area contributed by atoms with Crippen molar-refractivity contribution >= 4 is 51.0 Å². The highest BCUT2D eigenvalue weighted by atomic mass is 127. The average Bonchev–Trinajstić information content (AvgIpc) is 2.83. The number of para-hydroxylation sites is 1. The number of nitriles is 1. The third-order valence-corrected chi connectivity index (χ3v) is 5.89. The SMILES string of the molecule is N#C/C(=C/c1ccc(OCc2cccc3ccccc23)cc1)C(=O)Nc1ccccc1I. The van der Waals surface area contributed by atoms with Gasteiger partial charge in [0, 0.05) is 3.57 Å². The Kier molecular flexibility index (Phi) is 6.83. The van der Waals surface area contributed by atoms with E-state index >= 15 is 0 Å². The van der Waals surface area contributed by atoms with E-state index in [2.05, 4.69) is 52.2 Å². The molecule has 32 heavy (non-hydrogen) atoms. The van der Waals surface area contributed by atoms with Crippen molar-refractivity contribution < 1.29 is 9.53 Å². The van der Waals surface area contributed by atoms with Crippen molar-refractivity contribution in [3.05, 3.63) is 111 Å². The van der Waals surface area contributed by atoms with Gasteiger partial charge >= 0.3 is 0 Å². The van der Waals surface area contributed by atoms with Crippen LogP contribution in [0, 0.1) is 14.9 Å². The van der Waals surface area contributed by atoms with Gasteiger partial charge < -0.3 is 10.1 Å². The second-order valence-corrected chi connectivity index (χ2v) is 8.26. The van der Waals surface area contributed by atoms with E-state index in [4.69, 9.17) is 4.74 Å². The molecule has 0 saturated heterocycles. The largest absolute Gasteiger partial charge is 0.489 e. The topological polar surface area (TPSA) is 62.1 Å². The quantitative estimate of drug-likeness (QED) is 0.174. The summed E-state index contributed by atoms with van der Waals surface area (Å²) in [5.41, 5.74) is 2.58. The van der Waals surface area contributed by atoms with Crippen LogP contribution in [0.3, 0.4) is 0 Å². The second-order valence-electron chi connectivity index (χ2n) is 7.10. The van der Waals surface area contributed by atoms with Gasteiger partial charge in [0.15, 0.2) is 0 Å². The molecule has 0 spiro atoms. The number of nitrogens with zero attached hydrogens (tertiary/aromatic N) is 1. The van der Waals surface area contributed by atoms with Crippen LogP contribution in [0.15, 0.2) is 96.6 Å². The van der Waals surface area contributed by atoms with Crippen molar-refractivity contribution in [3.63, 3.8) is 0 Å². The summed E-state index contributed by atoms with van der Waals surface area (Å²) in [7, 11) is 0. The molecule has 0 heterocycles. The van der Waals surface area contributed by atoms with Crippen LogP contribution in [0.4, 0.5) is 5.69 Å². The van der Waals surface area contributed by atoms with Gasteiger partial charge in [0.05, 0.1) is 5.69 Å². The molecular formula is C27H19IN2O2. The summed E-state index contributed by atoms with van der Waals surface area (Å²) in [6, 6.07) is 31.1. The Bertz CT molecular complexity index is 1330. The molecular weight excluding hydrogens is 511 g/mol. The summed E-state index contributed by atoms with van der Waals surface area (Å²) in [6.07, 6.45) is 1.57. The first-order valence-corrected chi connectivity index (χ1v) is 11.1. The second kappa shape index (κ2) is 10.1. The van der Waals surface area contributed by atoms with Crippen molar-refractivity contribution in [1.82, 2.24) is 0 Å². The first-order valence-electron chi connectivity index (χ1n) is 10.0. The van der Waals surface area contributed by atoms with E-state index in [9.17, 15) is 10.1 Å². The maximum atomic E-state index is 12.5. The molecule has 156 valence electrons. The molecule has 0 aliphatic heterocycles. The molecule has 0 aliphatic carbocycles. The minimum Gasteiger partial charge on any atom is -0.489 e. The number of rotatable bonds is 6. The zero-order valence-corrected chi connectivity index (χ0v) is 19.2. The van der Waals surface area contributed by atoms with Crippen LogP contribution < -0.4 is 10.1 Å². The molecule has 4 nitrogen and oxygen atoms in total. The van der Waals surface area contributed by atoms with Gasteiger partial charge in [-0.25, -0.2) is 0 Å². The summed E-state index contributed by atoms with van der Waals surface area (Å²) < 4.78 is 6.87. The molecule has 0 aliphatic rings. The van der Waals surface area contributed by atoms with Gasteiger partial charge in [0.25, 0.3) is 5.91 Å². The normalized spacial score (nSPS) is 11.1. The van der Waals surface area contributed by atoms with Crippen LogP contribution in [0.1, 0.15) is 11.1 Å². The predicted octanol–water partition coefficient (Wildman–Crippen LogP) is 6.57. The van der Waals surface area contributed by atoms with E-state index in [-0.39, 0.29) is 5.57 Å². The monoisotopic (exact) mass is 530 g/mol. The smallest absolute Gasteiger partial charge is 0.266 e. The van der Waals surface area contributed by atoms with Crippen LogP contribution in [-0.2, 0) is 11.4 Å². The fourth-order valence-electron chi connectivity index (χ4n) is 3.31. The number of carbonyl (C=O) groups is 1. The molecule has 4 rings (SSSR count). The average molecular weight is 530 g/mol. The number of hydrogen-bond donors (Lipinski definition) is 1. The number of amides is 1. The molecule has 1 amide bonds. The molecule has 0 aromatic heterocycles. The number of halogens is 1. The lowest BCUT2D eigenvalue weighted by Crippen LogP contribution is -2.14. The summed E-state index contributed by atoms with van der Waals surface area (Å²) >= 11 is 2.14. The van der Waals surface area contributed by atoms with E-state index in [1.807, 2.05) is 66.7 Å². The highest BCUT2D eigenvalue weighted by Crippen LogP contribution is 2.22. The Balaban J connectivity index is 1.44. The Morgan fingerprint density at radius 2 is 1.66 bits per heavy atom. The van der Waals surface area contributed by atoms with Crippen LogP contribution in [0.25, 0.3) is 16.8 Å². The number of anilines is 1. The number of benzene rings is 4. The summed E-state index contributed by atoms with van der Waals surface area (Å²) in [5.74, 6) is 0.282. The highest BCUT2D eigenvalue weighted by Gasteiger charge is 2.11. The van der Waals surface area contributed by atoms with Crippen molar-refractivity contribution in [3.8, 4) is 11.8 Å². The van der Waals surface area contributed by atoms with Gasteiger partial charge in [0.1, 0.15) is 24.0 Å². The molecule has 0 unspecified atom stereocenters. The summed E-state index contributed by atoms with van der Waals surface area (Å²) in [4.78, 5) is 12.5. The first kappa shape index (κ1) is 21.6. The minimum absolute atomic E-state index is 0.0362. The number of carbonyl (C=O) groups excluding carboxylic acids is 1. The fourth-order valence-corrected chi connectivity index (χ4v) is 3.83. The maximum absolute atomic E-state index is 12.5. The number of fused-ring (bicyclic) bond motifs is 1. The van der Waals surface area contributed by atoms with Crippen LogP contribution >= 0.6 is 22.6 Å². The molecule has 5 heteroatoms. The van der Waals surface area contributed by atoms with Gasteiger partial charge in [0.2, 0.25) is 0 Å². The summed E-state index contributed by atoms with van der Waals surface area (Å²) in [5, 5.41) is 14.6. The maximum Gasteiger partial charge on any atom is 0.266 e. The Hall–Kier alpha value is -3.63. The van der Waals surface area contributed by atoms with E-state index in [1.54, 1.807) is 12.1 Å². The first-order chi connectivity index (χ1) is 15.6. The molecule has 4 aromatic carbocycles. The number of hydrogen-bond acceptors (Lipinski definition) is 3. The molecule has 0 atom stereocenters.